The van der Waals surface area contributed by atoms with Crippen LogP contribution in [0.1, 0.15) is 49.8 Å². The zero-order chi connectivity index (χ0) is 19.9. The van der Waals surface area contributed by atoms with Crippen LogP contribution in [0, 0.1) is 5.41 Å². The molecule has 1 saturated heterocycles. The van der Waals surface area contributed by atoms with Crippen LogP contribution >= 0.6 is 0 Å². The molecule has 0 N–H and O–H groups in total. The minimum absolute atomic E-state index is 0.106. The van der Waals surface area contributed by atoms with Gasteiger partial charge in [0, 0.05) is 37.3 Å². The lowest BCUT2D eigenvalue weighted by Crippen LogP contribution is -2.44. The Hall–Kier alpha value is -2.01. The Bertz CT molecular complexity index is 888. The van der Waals surface area contributed by atoms with Crippen LogP contribution in [0.25, 0.3) is 10.9 Å². The van der Waals surface area contributed by atoms with Gasteiger partial charge in [0.2, 0.25) is 0 Å². The summed E-state index contributed by atoms with van der Waals surface area (Å²) in [7, 11) is 5.30. The van der Waals surface area contributed by atoms with Gasteiger partial charge in [0.25, 0.3) is 0 Å². The van der Waals surface area contributed by atoms with Gasteiger partial charge < -0.3 is 18.9 Å². The predicted octanol–water partition coefficient (Wildman–Crippen LogP) is 3.88. The molecule has 152 valence electrons. The quantitative estimate of drug-likeness (QED) is 0.753. The molecule has 0 amide bonds. The molecule has 2 aromatic rings. The van der Waals surface area contributed by atoms with Crippen LogP contribution in [0.4, 0.5) is 0 Å². The molecule has 0 radical (unpaired) electrons. The maximum absolute atomic E-state index is 13.0. The largest absolute Gasteiger partial charge is 0.497 e. The second kappa shape index (κ2) is 7.43. The van der Waals surface area contributed by atoms with Gasteiger partial charge in [0.05, 0.1) is 25.7 Å². The number of esters is 1. The highest BCUT2D eigenvalue weighted by atomic mass is 16.5. The van der Waals surface area contributed by atoms with E-state index < -0.39 is 0 Å². The number of benzene rings is 1. The van der Waals surface area contributed by atoms with Crippen molar-refractivity contribution in [3.63, 3.8) is 0 Å². The van der Waals surface area contributed by atoms with Crippen molar-refractivity contribution in [2.24, 2.45) is 12.5 Å². The first kappa shape index (κ1) is 19.3. The Morgan fingerprint density at radius 1 is 1.29 bits per heavy atom. The zero-order valence-electron chi connectivity index (χ0n) is 17.6. The van der Waals surface area contributed by atoms with Crippen LogP contribution in [0.3, 0.4) is 0 Å². The number of hydrogen-bond acceptors (Lipinski definition) is 4. The normalized spacial score (nSPS) is 27.4. The van der Waals surface area contributed by atoms with E-state index in [9.17, 15) is 4.79 Å². The summed E-state index contributed by atoms with van der Waals surface area (Å²) in [6.07, 6.45) is 5.34. The average Bonchev–Trinajstić information content (AvgIpc) is 3.02. The molecule has 4 rings (SSSR count). The van der Waals surface area contributed by atoms with Gasteiger partial charge in [-0.1, -0.05) is 6.92 Å². The number of aromatic nitrogens is 1. The van der Waals surface area contributed by atoms with E-state index in [1.807, 2.05) is 6.07 Å². The Labute approximate surface area is 167 Å². The highest BCUT2D eigenvalue weighted by molar-refractivity contribution is 5.90. The topological polar surface area (TPSA) is 43.7 Å². The van der Waals surface area contributed by atoms with Gasteiger partial charge >= 0.3 is 5.97 Å². The molecular formula is C23H32N2O3. The number of carbonyl (C=O) groups is 1. The molecule has 3 heterocycles. The highest BCUT2D eigenvalue weighted by Crippen LogP contribution is 2.45. The lowest BCUT2D eigenvalue weighted by Gasteiger charge is -2.43. The highest BCUT2D eigenvalue weighted by Gasteiger charge is 2.42. The van der Waals surface area contributed by atoms with E-state index in [1.165, 1.54) is 37.4 Å². The third-order valence-electron chi connectivity index (χ3n) is 7.18. The molecule has 3 unspecified atom stereocenters. The first-order valence-corrected chi connectivity index (χ1v) is 10.5. The molecule has 5 heteroatoms. The smallest absolute Gasteiger partial charge is 0.314 e. The summed E-state index contributed by atoms with van der Waals surface area (Å²) in [5.74, 6) is 0.519. The van der Waals surface area contributed by atoms with Crippen molar-refractivity contribution in [2.75, 3.05) is 33.9 Å². The predicted molar refractivity (Wildman–Crippen MR) is 111 cm³/mol. The fourth-order valence-corrected chi connectivity index (χ4v) is 5.59. The molecule has 2 aliphatic rings. The van der Waals surface area contributed by atoms with Gasteiger partial charge in [-0.05, 0) is 61.8 Å². The summed E-state index contributed by atoms with van der Waals surface area (Å²) in [4.78, 5) is 15.6. The maximum Gasteiger partial charge on any atom is 0.314 e. The third-order valence-corrected chi connectivity index (χ3v) is 7.18. The average molecular weight is 385 g/mol. The number of aryl methyl sites for hydroxylation is 1. The minimum atomic E-state index is -0.221. The third kappa shape index (κ3) is 3.10. The van der Waals surface area contributed by atoms with Gasteiger partial charge in [-0.15, -0.1) is 0 Å². The number of rotatable bonds is 3. The van der Waals surface area contributed by atoms with E-state index in [0.29, 0.717) is 0 Å². The van der Waals surface area contributed by atoms with Crippen molar-refractivity contribution in [3.05, 3.63) is 29.5 Å². The Balaban J connectivity index is 1.92. The standard InChI is InChI=1S/C23H32N2O3/c1-5-23-10-6-11-25(15-23)12-9-18-17-8-7-16(27-3)13-20(17)24(2)21(18)19(14-23)22(26)28-4/h7-8,13,19H,5-6,9-12,14-15H2,1-4H3. The number of fused-ring (bicyclic) bond motifs is 5. The van der Waals surface area contributed by atoms with Gasteiger partial charge in [0.1, 0.15) is 5.75 Å². The molecule has 3 atom stereocenters. The molecule has 1 aromatic heterocycles. The molecule has 0 aliphatic carbocycles. The minimum Gasteiger partial charge on any atom is -0.497 e. The SMILES string of the molecule is CCC12CCCN(CCc3c(n(C)c4cc(OC)ccc34)C(C(=O)OC)C1)C2. The number of carbonyl (C=O) groups excluding carboxylic acids is 1. The fraction of sp³-hybridized carbons (Fsp3) is 0.609. The fourth-order valence-electron chi connectivity index (χ4n) is 5.59. The first-order valence-electron chi connectivity index (χ1n) is 10.5. The van der Waals surface area contributed by atoms with E-state index in [-0.39, 0.29) is 17.3 Å². The molecule has 5 nitrogen and oxygen atoms in total. The lowest BCUT2D eigenvalue weighted by atomic mass is 9.71. The summed E-state index contributed by atoms with van der Waals surface area (Å²) in [6, 6.07) is 6.25. The second-order valence-corrected chi connectivity index (χ2v) is 8.57. The molecule has 0 spiro atoms. The van der Waals surface area contributed by atoms with Crippen molar-refractivity contribution in [1.29, 1.82) is 0 Å². The van der Waals surface area contributed by atoms with Gasteiger partial charge in [-0.25, -0.2) is 0 Å². The van der Waals surface area contributed by atoms with E-state index in [4.69, 9.17) is 9.47 Å². The van der Waals surface area contributed by atoms with E-state index in [1.54, 1.807) is 7.11 Å². The van der Waals surface area contributed by atoms with Crippen molar-refractivity contribution in [1.82, 2.24) is 9.47 Å². The second-order valence-electron chi connectivity index (χ2n) is 8.57. The monoisotopic (exact) mass is 384 g/mol. The molecule has 2 bridgehead atoms. The van der Waals surface area contributed by atoms with Crippen molar-refractivity contribution in [3.8, 4) is 5.75 Å². The first-order chi connectivity index (χ1) is 13.5. The number of ether oxygens (including phenoxy) is 2. The van der Waals surface area contributed by atoms with Crippen LogP contribution < -0.4 is 4.74 Å². The zero-order valence-corrected chi connectivity index (χ0v) is 17.6. The number of nitrogens with zero attached hydrogens (tertiary/aromatic N) is 2. The summed E-state index contributed by atoms with van der Waals surface area (Å²) in [6.45, 7) is 5.59. The van der Waals surface area contributed by atoms with Gasteiger partial charge in [-0.2, -0.15) is 0 Å². The van der Waals surface area contributed by atoms with Gasteiger partial charge in [0.15, 0.2) is 0 Å². The maximum atomic E-state index is 13.0. The molecule has 2 aliphatic heterocycles. The molecule has 0 saturated carbocycles. The van der Waals surface area contributed by atoms with E-state index >= 15 is 0 Å². The van der Waals surface area contributed by atoms with Crippen LogP contribution in [-0.4, -0.2) is 49.3 Å². The van der Waals surface area contributed by atoms with Crippen LogP contribution in [0.5, 0.6) is 5.75 Å². The summed E-state index contributed by atoms with van der Waals surface area (Å²) >= 11 is 0. The molecular weight excluding hydrogens is 352 g/mol. The van der Waals surface area contributed by atoms with Crippen molar-refractivity contribution in [2.45, 2.75) is 44.9 Å². The molecule has 28 heavy (non-hydrogen) atoms. The van der Waals surface area contributed by atoms with Crippen molar-refractivity contribution < 1.29 is 14.3 Å². The number of piperidine rings is 1. The van der Waals surface area contributed by atoms with E-state index in [0.717, 1.165) is 49.3 Å². The Morgan fingerprint density at radius 2 is 2.11 bits per heavy atom. The number of methoxy groups -OCH3 is 2. The van der Waals surface area contributed by atoms with Crippen molar-refractivity contribution >= 4 is 16.9 Å². The van der Waals surface area contributed by atoms with E-state index in [2.05, 4.69) is 35.6 Å². The Morgan fingerprint density at radius 3 is 2.82 bits per heavy atom. The molecule has 1 fully saturated rings. The van der Waals surface area contributed by atoms with Crippen LogP contribution in [0.15, 0.2) is 18.2 Å². The summed E-state index contributed by atoms with van der Waals surface area (Å²) in [5.41, 5.74) is 3.75. The summed E-state index contributed by atoms with van der Waals surface area (Å²) in [5, 5.41) is 1.23. The summed E-state index contributed by atoms with van der Waals surface area (Å²) < 4.78 is 13.0. The number of hydrogen-bond donors (Lipinski definition) is 0. The van der Waals surface area contributed by atoms with Crippen LogP contribution in [0.2, 0.25) is 0 Å². The van der Waals surface area contributed by atoms with Crippen LogP contribution in [-0.2, 0) is 23.0 Å². The molecule has 1 aromatic carbocycles. The Kier molecular flexibility index (Phi) is 5.13. The van der Waals surface area contributed by atoms with Gasteiger partial charge in [-0.3, -0.25) is 4.79 Å². The lowest BCUT2D eigenvalue weighted by molar-refractivity contribution is -0.143.